The first-order chi connectivity index (χ1) is 11.9. The Hall–Kier alpha value is -2.28. The first kappa shape index (κ1) is 20.0. The summed E-state index contributed by atoms with van der Waals surface area (Å²) in [5, 5.41) is 4.42. The molecule has 1 aromatic heterocycles. The van der Waals surface area contributed by atoms with Gasteiger partial charge in [-0.15, -0.1) is 0 Å². The minimum atomic E-state index is -3.77. The Kier molecular flexibility index (Phi) is 5.51. The summed E-state index contributed by atoms with van der Waals surface area (Å²) in [6.07, 6.45) is 0. The van der Waals surface area contributed by atoms with Crippen LogP contribution in [0.4, 0.5) is 5.69 Å². The van der Waals surface area contributed by atoms with Gasteiger partial charge in [-0.25, -0.2) is 8.42 Å². The Morgan fingerprint density at radius 2 is 1.96 bits per heavy atom. The molecule has 1 aromatic carbocycles. The SMILES string of the molecule is C=C(C)COc1cccc(NS(=O)(=O)c2c(C)nn(C(C)(C)C)c2C)c1. The normalized spacial score (nSPS) is 12.1. The Morgan fingerprint density at radius 1 is 1.31 bits per heavy atom. The second kappa shape index (κ2) is 7.15. The lowest BCUT2D eigenvalue weighted by atomic mass is 10.1. The molecule has 0 aliphatic rings. The van der Waals surface area contributed by atoms with Crippen molar-refractivity contribution in [2.24, 2.45) is 0 Å². The van der Waals surface area contributed by atoms with Crippen LogP contribution in [-0.4, -0.2) is 24.8 Å². The maximum atomic E-state index is 12.9. The van der Waals surface area contributed by atoms with Crippen LogP contribution < -0.4 is 9.46 Å². The summed E-state index contributed by atoms with van der Waals surface area (Å²) >= 11 is 0. The van der Waals surface area contributed by atoms with E-state index in [0.29, 0.717) is 29.4 Å². The largest absolute Gasteiger partial charge is 0.489 e. The zero-order valence-electron chi connectivity index (χ0n) is 16.3. The van der Waals surface area contributed by atoms with E-state index in [1.165, 1.54) is 0 Å². The van der Waals surface area contributed by atoms with Gasteiger partial charge in [-0.1, -0.05) is 12.6 Å². The van der Waals surface area contributed by atoms with Crippen molar-refractivity contribution in [2.45, 2.75) is 52.0 Å². The van der Waals surface area contributed by atoms with Crippen molar-refractivity contribution in [1.29, 1.82) is 0 Å². The van der Waals surface area contributed by atoms with Gasteiger partial charge in [0.15, 0.2) is 0 Å². The molecule has 1 N–H and O–H groups in total. The fourth-order valence-electron chi connectivity index (χ4n) is 2.73. The third kappa shape index (κ3) is 4.46. The van der Waals surface area contributed by atoms with Gasteiger partial charge in [-0.2, -0.15) is 5.10 Å². The van der Waals surface area contributed by atoms with Crippen molar-refractivity contribution >= 4 is 15.7 Å². The lowest BCUT2D eigenvalue weighted by molar-refractivity contribution is 0.345. The highest BCUT2D eigenvalue weighted by Crippen LogP contribution is 2.27. The molecular weight excluding hydrogens is 350 g/mol. The summed E-state index contributed by atoms with van der Waals surface area (Å²) in [7, 11) is -3.77. The average molecular weight is 378 g/mol. The predicted octanol–water partition coefficient (Wildman–Crippen LogP) is 4.01. The molecule has 0 saturated heterocycles. The molecule has 0 amide bonds. The standard InChI is InChI=1S/C19H27N3O3S/c1-13(2)12-25-17-10-8-9-16(11-17)21-26(23,24)18-14(3)20-22(15(18)4)19(5,6)7/h8-11,21H,1,12H2,2-7H3. The Bertz CT molecular complexity index is 922. The van der Waals surface area contributed by atoms with Crippen LogP contribution in [-0.2, 0) is 15.6 Å². The lowest BCUT2D eigenvalue weighted by Crippen LogP contribution is -2.25. The van der Waals surface area contributed by atoms with Crippen LogP contribution in [0, 0.1) is 13.8 Å². The zero-order valence-corrected chi connectivity index (χ0v) is 17.1. The minimum absolute atomic E-state index is 0.209. The summed E-state index contributed by atoms with van der Waals surface area (Å²) in [6, 6.07) is 6.85. The van der Waals surface area contributed by atoms with Crippen molar-refractivity contribution in [3.63, 3.8) is 0 Å². The molecule has 0 aliphatic heterocycles. The molecule has 0 aliphatic carbocycles. The summed E-state index contributed by atoms with van der Waals surface area (Å²) < 4.78 is 35.8. The predicted molar refractivity (Wildman–Crippen MR) is 104 cm³/mol. The van der Waals surface area contributed by atoms with Gasteiger partial charge in [0.05, 0.1) is 22.6 Å². The molecule has 7 heteroatoms. The second-order valence-electron chi connectivity index (χ2n) is 7.46. The van der Waals surface area contributed by atoms with Crippen molar-refractivity contribution < 1.29 is 13.2 Å². The van der Waals surface area contributed by atoms with Crippen LogP contribution in [0.25, 0.3) is 0 Å². The lowest BCUT2D eigenvalue weighted by Gasteiger charge is -2.21. The molecule has 1 heterocycles. The van der Waals surface area contributed by atoms with E-state index in [1.807, 2.05) is 27.7 Å². The van der Waals surface area contributed by atoms with Crippen molar-refractivity contribution in [1.82, 2.24) is 9.78 Å². The quantitative estimate of drug-likeness (QED) is 0.772. The van der Waals surface area contributed by atoms with E-state index in [2.05, 4.69) is 16.4 Å². The third-order valence-corrected chi connectivity index (χ3v) is 5.33. The van der Waals surface area contributed by atoms with Gasteiger partial charge in [0.1, 0.15) is 17.3 Å². The van der Waals surface area contributed by atoms with E-state index >= 15 is 0 Å². The molecule has 0 spiro atoms. The summed E-state index contributed by atoms with van der Waals surface area (Å²) in [5.74, 6) is 0.576. The van der Waals surface area contributed by atoms with E-state index in [4.69, 9.17) is 4.74 Å². The van der Waals surface area contributed by atoms with Crippen LogP contribution in [0.1, 0.15) is 39.1 Å². The molecule has 0 fully saturated rings. The third-order valence-electron chi connectivity index (χ3n) is 3.70. The van der Waals surface area contributed by atoms with E-state index in [9.17, 15) is 8.42 Å². The van der Waals surface area contributed by atoms with Gasteiger partial charge in [-0.05, 0) is 59.2 Å². The highest BCUT2D eigenvalue weighted by molar-refractivity contribution is 7.92. The summed E-state index contributed by atoms with van der Waals surface area (Å²) in [5.41, 5.74) is 2.10. The number of hydrogen-bond donors (Lipinski definition) is 1. The number of nitrogens with zero attached hydrogens (tertiary/aromatic N) is 2. The Balaban J connectivity index is 2.34. The van der Waals surface area contributed by atoms with Gasteiger partial charge >= 0.3 is 0 Å². The molecule has 2 rings (SSSR count). The Labute approximate surface area is 155 Å². The number of sulfonamides is 1. The number of aromatic nitrogens is 2. The topological polar surface area (TPSA) is 73.2 Å². The van der Waals surface area contributed by atoms with E-state index < -0.39 is 10.0 Å². The molecule has 0 unspecified atom stereocenters. The highest BCUT2D eigenvalue weighted by atomic mass is 32.2. The van der Waals surface area contributed by atoms with Crippen molar-refractivity contribution in [3.8, 4) is 5.75 Å². The number of ether oxygens (including phenoxy) is 1. The molecular formula is C19H27N3O3S. The Morgan fingerprint density at radius 3 is 2.50 bits per heavy atom. The smallest absolute Gasteiger partial charge is 0.265 e. The fourth-order valence-corrected chi connectivity index (χ4v) is 4.18. The zero-order chi connectivity index (χ0) is 19.7. The molecule has 0 bridgehead atoms. The minimum Gasteiger partial charge on any atom is -0.489 e. The molecule has 142 valence electrons. The molecule has 0 saturated carbocycles. The number of rotatable bonds is 6. The highest BCUT2D eigenvalue weighted by Gasteiger charge is 2.28. The van der Waals surface area contributed by atoms with Gasteiger partial charge in [-0.3, -0.25) is 9.40 Å². The van der Waals surface area contributed by atoms with Crippen LogP contribution >= 0.6 is 0 Å². The number of nitrogens with one attached hydrogen (secondary N) is 1. The average Bonchev–Trinajstić information content (AvgIpc) is 2.80. The van der Waals surface area contributed by atoms with Gasteiger partial charge in [0.2, 0.25) is 0 Å². The number of benzene rings is 1. The molecule has 0 atom stereocenters. The molecule has 26 heavy (non-hydrogen) atoms. The summed E-state index contributed by atoms with van der Waals surface area (Å²) in [4.78, 5) is 0.209. The van der Waals surface area contributed by atoms with Crippen LogP contribution in [0.2, 0.25) is 0 Å². The number of anilines is 1. The first-order valence-electron chi connectivity index (χ1n) is 8.38. The second-order valence-corrected chi connectivity index (χ2v) is 9.08. The van der Waals surface area contributed by atoms with Gasteiger partial charge in [0.25, 0.3) is 10.0 Å². The number of aryl methyl sites for hydroxylation is 1. The van der Waals surface area contributed by atoms with Crippen LogP contribution in [0.15, 0.2) is 41.3 Å². The first-order valence-corrected chi connectivity index (χ1v) is 9.87. The van der Waals surface area contributed by atoms with Crippen molar-refractivity contribution in [2.75, 3.05) is 11.3 Å². The van der Waals surface area contributed by atoms with Gasteiger partial charge < -0.3 is 4.74 Å². The van der Waals surface area contributed by atoms with Crippen LogP contribution in [0.3, 0.4) is 0 Å². The van der Waals surface area contributed by atoms with E-state index in [0.717, 1.165) is 5.57 Å². The molecule has 0 radical (unpaired) electrons. The maximum absolute atomic E-state index is 12.9. The molecule has 6 nitrogen and oxygen atoms in total. The monoisotopic (exact) mass is 377 g/mol. The maximum Gasteiger partial charge on any atom is 0.265 e. The summed E-state index contributed by atoms with van der Waals surface area (Å²) in [6.45, 7) is 15.5. The van der Waals surface area contributed by atoms with Crippen LogP contribution in [0.5, 0.6) is 5.75 Å². The fraction of sp³-hybridized carbons (Fsp3) is 0.421. The van der Waals surface area contributed by atoms with E-state index in [1.54, 1.807) is 42.8 Å². The van der Waals surface area contributed by atoms with Crippen molar-refractivity contribution in [3.05, 3.63) is 47.8 Å². The molecule has 2 aromatic rings. The van der Waals surface area contributed by atoms with Gasteiger partial charge in [0, 0.05) is 6.07 Å². The number of hydrogen-bond acceptors (Lipinski definition) is 4. The van der Waals surface area contributed by atoms with E-state index in [-0.39, 0.29) is 10.4 Å².